The molecule has 226 valence electrons. The summed E-state index contributed by atoms with van der Waals surface area (Å²) in [6, 6.07) is 11.4. The van der Waals surface area contributed by atoms with Crippen LogP contribution in [0.5, 0.6) is 0 Å². The van der Waals surface area contributed by atoms with Crippen molar-refractivity contribution in [2.45, 2.75) is 64.3 Å². The summed E-state index contributed by atoms with van der Waals surface area (Å²) in [5, 5.41) is 7.45. The average molecular weight is 583 g/mol. The number of anilines is 1. The van der Waals surface area contributed by atoms with E-state index in [1.165, 1.54) is 4.57 Å². The zero-order valence-corrected chi connectivity index (χ0v) is 25.1. The maximum Gasteiger partial charge on any atom is 0.406 e. The largest absolute Gasteiger partial charge is 0.406 e. The normalized spacial score (nSPS) is 14.7. The number of aromatic nitrogens is 2. The van der Waals surface area contributed by atoms with E-state index in [-0.39, 0.29) is 23.9 Å². The quantitative estimate of drug-likeness (QED) is 0.366. The number of carbonyl (C=O) groups excluding carboxylic acids is 1. The number of hydrogen-bond acceptors (Lipinski definition) is 5. The van der Waals surface area contributed by atoms with Crippen molar-refractivity contribution in [1.29, 1.82) is 0 Å². The van der Waals surface area contributed by atoms with Crippen LogP contribution >= 0.6 is 0 Å². The highest BCUT2D eigenvalue weighted by atomic mass is 19.4. The van der Waals surface area contributed by atoms with Crippen LogP contribution in [0.4, 0.5) is 18.9 Å². The molecule has 0 spiro atoms. The van der Waals surface area contributed by atoms with Gasteiger partial charge in [-0.25, -0.2) is 0 Å². The number of fused-ring (bicyclic) bond motifs is 1. The van der Waals surface area contributed by atoms with Gasteiger partial charge in [-0.1, -0.05) is 32.8 Å². The van der Waals surface area contributed by atoms with E-state index in [9.17, 15) is 18.0 Å². The second-order valence-corrected chi connectivity index (χ2v) is 12.2. The lowest BCUT2D eigenvalue weighted by Gasteiger charge is -2.33. The summed E-state index contributed by atoms with van der Waals surface area (Å²) in [6.07, 6.45) is -0.890. The van der Waals surface area contributed by atoms with Gasteiger partial charge in [-0.15, -0.1) is 0 Å². The minimum absolute atomic E-state index is 0.0503. The number of piperidine rings is 1. The van der Waals surface area contributed by atoms with Crippen LogP contribution in [0.2, 0.25) is 0 Å². The van der Waals surface area contributed by atoms with Crippen molar-refractivity contribution in [2.75, 3.05) is 45.6 Å². The highest BCUT2D eigenvalue weighted by molar-refractivity contribution is 5.83. The summed E-state index contributed by atoms with van der Waals surface area (Å²) in [7, 11) is 3.78. The lowest BCUT2D eigenvalue weighted by atomic mass is 9.92. The summed E-state index contributed by atoms with van der Waals surface area (Å²) >= 11 is 0. The minimum Gasteiger partial charge on any atom is -0.373 e. The topological polar surface area (TPSA) is 65.4 Å². The Kier molecular flexibility index (Phi) is 9.85. The number of likely N-dealkylation sites (tertiary alicyclic amines) is 1. The van der Waals surface area contributed by atoms with Gasteiger partial charge in [0.2, 0.25) is 5.91 Å². The van der Waals surface area contributed by atoms with E-state index in [4.69, 9.17) is 0 Å². The zero-order chi connectivity index (χ0) is 30.5. The first kappa shape index (κ1) is 31.4. The van der Waals surface area contributed by atoms with Crippen molar-refractivity contribution in [3.05, 3.63) is 59.5 Å². The van der Waals surface area contributed by atoms with Crippen molar-refractivity contribution in [1.82, 2.24) is 24.7 Å². The van der Waals surface area contributed by atoms with Crippen molar-refractivity contribution < 1.29 is 18.0 Å². The first-order chi connectivity index (χ1) is 19.8. The number of amides is 1. The Bertz CT molecular complexity index is 1420. The van der Waals surface area contributed by atoms with Crippen LogP contribution in [0, 0.1) is 11.8 Å². The maximum absolute atomic E-state index is 13.5. The number of halogens is 3. The van der Waals surface area contributed by atoms with Crippen LogP contribution in [0.15, 0.2) is 42.6 Å². The molecule has 3 heterocycles. The SMILES string of the molecule is CN(C)CC(=O)N1CCC(NCc2ccc3c(c2)cc(C#CCNc2ccc(C(C)(C)C)nc2)n3CC(F)(F)F)CC1. The molecule has 3 aromatic rings. The van der Waals surface area contributed by atoms with E-state index in [1.807, 2.05) is 48.2 Å². The molecule has 2 N–H and O–H groups in total. The number of rotatable bonds is 8. The Morgan fingerprint density at radius 3 is 2.45 bits per heavy atom. The van der Waals surface area contributed by atoms with Crippen molar-refractivity contribution in [2.24, 2.45) is 0 Å². The molecule has 1 saturated heterocycles. The summed E-state index contributed by atoms with van der Waals surface area (Å²) in [6.45, 7) is 7.91. The van der Waals surface area contributed by atoms with Crippen molar-refractivity contribution in [3.8, 4) is 11.8 Å². The molecule has 1 amide bonds. The molecule has 0 aliphatic carbocycles. The van der Waals surface area contributed by atoms with Gasteiger partial charge in [-0.05, 0) is 68.8 Å². The fourth-order valence-corrected chi connectivity index (χ4v) is 5.07. The number of nitrogens with zero attached hydrogens (tertiary/aromatic N) is 4. The predicted molar refractivity (Wildman–Crippen MR) is 161 cm³/mol. The molecule has 0 bridgehead atoms. The number of alkyl halides is 3. The summed E-state index contributed by atoms with van der Waals surface area (Å²) in [5.41, 5.74) is 3.54. The fourth-order valence-electron chi connectivity index (χ4n) is 5.07. The molecule has 1 fully saturated rings. The van der Waals surface area contributed by atoms with Crippen LogP contribution in [0.1, 0.15) is 50.6 Å². The summed E-state index contributed by atoms with van der Waals surface area (Å²) in [4.78, 5) is 20.6. The van der Waals surface area contributed by atoms with Gasteiger partial charge >= 0.3 is 6.18 Å². The lowest BCUT2D eigenvalue weighted by Crippen LogP contribution is -2.47. The molecule has 1 aromatic carbocycles. The first-order valence-corrected chi connectivity index (χ1v) is 14.3. The van der Waals surface area contributed by atoms with Crippen molar-refractivity contribution in [3.63, 3.8) is 0 Å². The molecule has 0 unspecified atom stereocenters. The number of nitrogens with one attached hydrogen (secondary N) is 2. The molecule has 2 aromatic heterocycles. The van der Waals surface area contributed by atoms with E-state index < -0.39 is 12.7 Å². The molecular weight excluding hydrogens is 541 g/mol. The van der Waals surface area contributed by atoms with Crippen LogP contribution in [-0.4, -0.2) is 77.8 Å². The zero-order valence-electron chi connectivity index (χ0n) is 25.1. The third kappa shape index (κ3) is 8.73. The molecule has 7 nitrogen and oxygen atoms in total. The van der Waals surface area contributed by atoms with E-state index in [0.717, 1.165) is 48.3 Å². The van der Waals surface area contributed by atoms with Gasteiger partial charge in [-0.3, -0.25) is 9.78 Å². The molecule has 10 heteroatoms. The first-order valence-electron chi connectivity index (χ1n) is 14.3. The Labute approximate surface area is 246 Å². The van der Waals surface area contributed by atoms with Gasteiger partial charge < -0.3 is 25.0 Å². The van der Waals surface area contributed by atoms with Crippen LogP contribution in [-0.2, 0) is 23.3 Å². The monoisotopic (exact) mass is 582 g/mol. The predicted octanol–water partition coefficient (Wildman–Crippen LogP) is 5.00. The summed E-state index contributed by atoms with van der Waals surface area (Å²) in [5.74, 6) is 6.05. The molecule has 42 heavy (non-hydrogen) atoms. The molecule has 0 saturated carbocycles. The Hall–Kier alpha value is -3.55. The van der Waals surface area contributed by atoms with Gasteiger partial charge in [0.25, 0.3) is 0 Å². The molecule has 0 radical (unpaired) electrons. The van der Waals surface area contributed by atoms with E-state index in [1.54, 1.807) is 18.3 Å². The molecule has 0 atom stereocenters. The van der Waals surface area contributed by atoms with Gasteiger partial charge in [0.1, 0.15) is 6.54 Å². The highest BCUT2D eigenvalue weighted by Gasteiger charge is 2.30. The van der Waals surface area contributed by atoms with E-state index in [2.05, 4.69) is 48.2 Å². The van der Waals surface area contributed by atoms with Crippen LogP contribution < -0.4 is 10.6 Å². The van der Waals surface area contributed by atoms with Gasteiger partial charge in [0.15, 0.2) is 0 Å². The van der Waals surface area contributed by atoms with Gasteiger partial charge in [0, 0.05) is 47.7 Å². The molecule has 4 rings (SSSR count). The highest BCUT2D eigenvalue weighted by Crippen LogP contribution is 2.27. The maximum atomic E-state index is 13.5. The average Bonchev–Trinajstić information content (AvgIpc) is 3.24. The number of pyridine rings is 1. The third-order valence-corrected chi connectivity index (χ3v) is 7.33. The van der Waals surface area contributed by atoms with Gasteiger partial charge in [-0.2, -0.15) is 13.2 Å². The third-order valence-electron chi connectivity index (χ3n) is 7.33. The number of carbonyl (C=O) groups is 1. The van der Waals surface area contributed by atoms with Crippen LogP contribution in [0.3, 0.4) is 0 Å². The number of benzene rings is 1. The smallest absolute Gasteiger partial charge is 0.373 e. The molecular formula is C32H41F3N6O. The Morgan fingerprint density at radius 2 is 1.83 bits per heavy atom. The minimum atomic E-state index is -4.37. The fraction of sp³-hybridized carbons (Fsp3) is 0.500. The lowest BCUT2D eigenvalue weighted by molar-refractivity contribution is -0.140. The molecule has 1 aliphatic heterocycles. The number of likely N-dealkylation sites (N-methyl/N-ethyl adjacent to an activating group) is 1. The second kappa shape index (κ2) is 13.2. The van der Waals surface area contributed by atoms with Crippen molar-refractivity contribution >= 4 is 22.5 Å². The Morgan fingerprint density at radius 1 is 1.10 bits per heavy atom. The Balaban J connectivity index is 1.40. The summed E-state index contributed by atoms with van der Waals surface area (Å²) < 4.78 is 41.7. The number of hydrogen-bond donors (Lipinski definition) is 2. The molecule has 1 aliphatic rings. The van der Waals surface area contributed by atoms with Gasteiger partial charge in [0.05, 0.1) is 30.7 Å². The van der Waals surface area contributed by atoms with Crippen LogP contribution in [0.25, 0.3) is 10.9 Å². The second-order valence-electron chi connectivity index (χ2n) is 12.2. The van der Waals surface area contributed by atoms with E-state index >= 15 is 0 Å². The standard InChI is InChI=1S/C32H41F3N6O/c1-31(2,3)29-11-9-26(20-38-29)36-14-6-7-27-18-24-17-23(8-10-28(24)41(27)22-32(33,34)35)19-37-25-12-15-40(16-13-25)30(42)21-39(4)5/h8-11,17-18,20,25,36-37H,12-16,19,21-22H2,1-5H3. The van der Waals surface area contributed by atoms with E-state index in [0.29, 0.717) is 24.3 Å².